The molecule has 1 N–H and O–H groups in total. The quantitative estimate of drug-likeness (QED) is 0.177. The van der Waals surface area contributed by atoms with Crippen LogP contribution < -0.4 is 5.32 Å². The van der Waals surface area contributed by atoms with Crippen LogP contribution in [0.2, 0.25) is 0 Å². The number of benzene rings is 1. The van der Waals surface area contributed by atoms with E-state index in [-0.39, 0.29) is 51.2 Å². The number of carbonyl (C=O) groups excluding carboxylic acids is 3. The molecule has 0 aromatic heterocycles. The molecule has 7 rings (SSSR count). The van der Waals surface area contributed by atoms with Crippen LogP contribution >= 0.6 is 0 Å². The Balaban J connectivity index is 1.18. The van der Waals surface area contributed by atoms with E-state index in [0.717, 1.165) is 76.6 Å². The highest BCUT2D eigenvalue weighted by Gasteiger charge is 2.70. The van der Waals surface area contributed by atoms with Crippen LogP contribution in [0.1, 0.15) is 125 Å². The van der Waals surface area contributed by atoms with Gasteiger partial charge in [0.2, 0.25) is 5.91 Å². The molecule has 6 heteroatoms. The smallest absolute Gasteiger partial charge is 0.313 e. The lowest BCUT2D eigenvalue weighted by atomic mass is 9.33. The van der Waals surface area contributed by atoms with Crippen molar-refractivity contribution in [3.63, 3.8) is 0 Å². The number of hydrogen-bond donors (Lipinski definition) is 1. The number of amides is 1. The van der Waals surface area contributed by atoms with E-state index in [9.17, 15) is 14.4 Å². The second-order valence-electron chi connectivity index (χ2n) is 19.6. The summed E-state index contributed by atoms with van der Waals surface area (Å²) in [6, 6.07) is 10.1. The zero-order valence-electron chi connectivity index (χ0n) is 32.2. The van der Waals surface area contributed by atoms with Gasteiger partial charge in [-0.3, -0.25) is 14.4 Å². The molecule has 1 aliphatic heterocycles. The minimum atomic E-state index is -0.595. The van der Waals surface area contributed by atoms with Gasteiger partial charge in [-0.1, -0.05) is 90.4 Å². The van der Waals surface area contributed by atoms with E-state index in [0.29, 0.717) is 25.5 Å². The molecule has 1 amide bonds. The van der Waals surface area contributed by atoms with E-state index in [2.05, 4.69) is 64.8 Å². The molecule has 1 saturated heterocycles. The van der Waals surface area contributed by atoms with Crippen molar-refractivity contribution in [3.05, 3.63) is 47.5 Å². The molecule has 50 heavy (non-hydrogen) atoms. The summed E-state index contributed by atoms with van der Waals surface area (Å²) in [6.07, 6.45) is 13.5. The third-order valence-electron chi connectivity index (χ3n) is 16.2. The summed E-state index contributed by atoms with van der Waals surface area (Å²) in [7, 11) is 0. The van der Waals surface area contributed by atoms with E-state index in [4.69, 9.17) is 4.74 Å². The van der Waals surface area contributed by atoms with E-state index in [1.54, 1.807) is 0 Å². The maximum atomic E-state index is 14.3. The number of likely N-dealkylation sites (tertiary alicyclic amines) is 1. The van der Waals surface area contributed by atoms with Crippen LogP contribution in [0.5, 0.6) is 0 Å². The topological polar surface area (TPSA) is 75.7 Å². The Labute approximate surface area is 301 Å². The third kappa shape index (κ3) is 5.55. The molecule has 1 heterocycles. The van der Waals surface area contributed by atoms with Crippen molar-refractivity contribution in [3.8, 4) is 0 Å². The standard InChI is InChI=1S/C44H64N2O4/c1-39(2)19-21-44(38(49)50-29-30-13-9-8-10-14-30)22-20-42(6)32(33(44)28-39)15-16-35-41(5)27-31(37(48)45-23-26-46-24-11-12-25-46)36(47)40(3,4)34(41)17-18-43(35,42)7/h8-10,13-15,31,33-35H,11-12,16-29H2,1-7H3,(H,45,48)/t31?,33-,34-,35?,41-,42+,43+,44-/m0/s1. The molecule has 1 aromatic carbocycles. The van der Waals surface area contributed by atoms with Gasteiger partial charge in [-0.15, -0.1) is 0 Å². The van der Waals surface area contributed by atoms with Crippen molar-refractivity contribution in [2.75, 3.05) is 26.2 Å². The molecule has 6 aliphatic rings. The lowest BCUT2D eigenvalue weighted by Gasteiger charge is -2.71. The van der Waals surface area contributed by atoms with Crippen molar-refractivity contribution in [2.24, 2.45) is 56.2 Å². The molecule has 6 nitrogen and oxygen atoms in total. The zero-order valence-corrected chi connectivity index (χ0v) is 32.2. The van der Waals surface area contributed by atoms with Gasteiger partial charge in [0, 0.05) is 18.5 Å². The summed E-state index contributed by atoms with van der Waals surface area (Å²) in [4.78, 5) is 44.8. The van der Waals surface area contributed by atoms with Gasteiger partial charge in [-0.25, -0.2) is 0 Å². The van der Waals surface area contributed by atoms with E-state index in [1.807, 2.05) is 30.3 Å². The van der Waals surface area contributed by atoms with Crippen LogP contribution in [0.3, 0.4) is 0 Å². The van der Waals surface area contributed by atoms with Crippen molar-refractivity contribution in [2.45, 2.75) is 126 Å². The third-order valence-corrected chi connectivity index (χ3v) is 16.2. The second-order valence-corrected chi connectivity index (χ2v) is 19.6. The Morgan fingerprint density at radius 1 is 0.880 bits per heavy atom. The van der Waals surface area contributed by atoms with Crippen molar-refractivity contribution >= 4 is 17.7 Å². The summed E-state index contributed by atoms with van der Waals surface area (Å²) in [6.45, 7) is 20.6. The van der Waals surface area contributed by atoms with Crippen LogP contribution in [-0.2, 0) is 25.7 Å². The minimum absolute atomic E-state index is 0.00104. The highest BCUT2D eigenvalue weighted by Crippen LogP contribution is 2.76. The number of allylic oxidation sites excluding steroid dienone is 2. The monoisotopic (exact) mass is 684 g/mol. The normalized spacial score (nSPS) is 40.4. The highest BCUT2D eigenvalue weighted by atomic mass is 16.5. The Bertz CT molecular complexity index is 1530. The summed E-state index contributed by atoms with van der Waals surface area (Å²) in [5, 5.41) is 3.21. The molecule has 5 fully saturated rings. The Morgan fingerprint density at radius 2 is 1.58 bits per heavy atom. The molecule has 0 radical (unpaired) electrons. The first-order chi connectivity index (χ1) is 23.6. The molecule has 0 spiro atoms. The molecule has 1 aromatic rings. The number of fused-ring (bicyclic) bond motifs is 7. The molecule has 2 unspecified atom stereocenters. The van der Waals surface area contributed by atoms with E-state index in [1.165, 1.54) is 18.4 Å². The maximum absolute atomic E-state index is 14.3. The number of rotatable bonds is 7. The average molecular weight is 685 g/mol. The number of ether oxygens (including phenoxy) is 1. The van der Waals surface area contributed by atoms with Gasteiger partial charge in [0.1, 0.15) is 6.61 Å². The van der Waals surface area contributed by atoms with Gasteiger partial charge in [0.15, 0.2) is 5.78 Å². The molecular formula is C44H64N2O4. The van der Waals surface area contributed by atoms with E-state index < -0.39 is 16.7 Å². The Hall–Kier alpha value is -2.47. The number of nitrogens with zero attached hydrogens (tertiary/aromatic N) is 1. The van der Waals surface area contributed by atoms with Gasteiger partial charge >= 0.3 is 5.97 Å². The van der Waals surface area contributed by atoms with E-state index >= 15 is 0 Å². The molecule has 0 bridgehead atoms. The van der Waals surface area contributed by atoms with Crippen molar-refractivity contribution in [1.29, 1.82) is 0 Å². The first-order valence-corrected chi connectivity index (χ1v) is 20.0. The van der Waals surface area contributed by atoms with Crippen molar-refractivity contribution < 1.29 is 19.1 Å². The molecule has 274 valence electrons. The number of ketones is 1. The number of nitrogens with one attached hydrogen (secondary N) is 1. The first-order valence-electron chi connectivity index (χ1n) is 20.0. The lowest BCUT2D eigenvalue weighted by molar-refractivity contribution is -0.197. The summed E-state index contributed by atoms with van der Waals surface area (Å²) in [5.74, 6) is 0.271. The molecular weight excluding hydrogens is 620 g/mol. The average Bonchev–Trinajstić information content (AvgIpc) is 3.59. The van der Waals surface area contributed by atoms with Gasteiger partial charge in [0.05, 0.1) is 11.3 Å². The highest BCUT2D eigenvalue weighted by molar-refractivity contribution is 6.04. The van der Waals surface area contributed by atoms with Gasteiger partial charge in [0.25, 0.3) is 0 Å². The Morgan fingerprint density at radius 3 is 2.30 bits per heavy atom. The predicted molar refractivity (Wildman–Crippen MR) is 198 cm³/mol. The predicted octanol–water partition coefficient (Wildman–Crippen LogP) is 8.54. The largest absolute Gasteiger partial charge is 0.460 e. The number of esters is 1. The molecule has 8 atom stereocenters. The minimum Gasteiger partial charge on any atom is -0.460 e. The Kier molecular flexibility index (Phi) is 9.04. The van der Waals surface area contributed by atoms with Gasteiger partial charge in [-0.05, 0) is 129 Å². The summed E-state index contributed by atoms with van der Waals surface area (Å²) < 4.78 is 6.21. The fourth-order valence-electron chi connectivity index (χ4n) is 13.1. The van der Waals surface area contributed by atoms with Crippen LogP contribution in [0, 0.1) is 56.2 Å². The van der Waals surface area contributed by atoms with Gasteiger partial charge in [-0.2, -0.15) is 0 Å². The molecule has 4 saturated carbocycles. The van der Waals surface area contributed by atoms with Crippen molar-refractivity contribution in [1.82, 2.24) is 10.2 Å². The van der Waals surface area contributed by atoms with Gasteiger partial charge < -0.3 is 15.0 Å². The SMILES string of the molecule is CC1(C)CC[C@]2(C(=O)OCc3ccccc3)CC[C@]3(C)C(=CCC4[C@@]5(C)CC(C(=O)NCCN6CCCC6)C(=O)C(C)(C)[C@@H]5CC[C@]43C)[C@@H]2C1. The fourth-order valence-corrected chi connectivity index (χ4v) is 13.1. The maximum Gasteiger partial charge on any atom is 0.313 e. The van der Waals surface area contributed by atoms with Crippen LogP contribution in [0.4, 0.5) is 0 Å². The lowest BCUT2D eigenvalue weighted by Crippen LogP contribution is -2.66. The van der Waals surface area contributed by atoms with Crippen LogP contribution in [-0.4, -0.2) is 48.7 Å². The first kappa shape index (κ1) is 35.9. The summed E-state index contributed by atoms with van der Waals surface area (Å²) in [5.41, 5.74) is 1.51. The molecule has 5 aliphatic carbocycles. The second kappa shape index (κ2) is 12.6. The number of Topliss-reactive ketones (excluding diaryl/α,β-unsaturated/α-hetero) is 1. The number of carbonyl (C=O) groups is 3. The van der Waals surface area contributed by atoms with Crippen LogP contribution in [0.25, 0.3) is 0 Å². The summed E-state index contributed by atoms with van der Waals surface area (Å²) >= 11 is 0. The van der Waals surface area contributed by atoms with Crippen LogP contribution in [0.15, 0.2) is 42.0 Å². The zero-order chi connectivity index (χ0) is 35.7. The fraction of sp³-hybridized carbons (Fsp3) is 0.750. The number of hydrogen-bond acceptors (Lipinski definition) is 5.